The molecule has 2 amide bonds. The van der Waals surface area contributed by atoms with Gasteiger partial charge in [-0.1, -0.05) is 24.3 Å². The molecule has 2 aromatic carbocycles. The second-order valence-electron chi connectivity index (χ2n) is 6.47. The number of nitrogens with zero attached hydrogens (tertiary/aromatic N) is 1. The molecule has 1 atom stereocenters. The minimum atomic E-state index is -1.28. The Morgan fingerprint density at radius 1 is 0.889 bits per heavy atom. The highest BCUT2D eigenvalue weighted by Crippen LogP contribution is 2.47. The van der Waals surface area contributed by atoms with E-state index in [0.717, 1.165) is 4.90 Å². The highest BCUT2D eigenvalue weighted by Gasteiger charge is 2.52. The molecule has 2 aromatic rings. The summed E-state index contributed by atoms with van der Waals surface area (Å²) >= 11 is 0. The minimum absolute atomic E-state index is 0.235. The Bertz CT molecular complexity index is 1040. The lowest BCUT2D eigenvalue weighted by Crippen LogP contribution is -2.53. The number of hydrogen-bond acceptors (Lipinski definition) is 5. The summed E-state index contributed by atoms with van der Waals surface area (Å²) in [6, 6.07) is 10.2. The first-order valence-electron chi connectivity index (χ1n) is 8.37. The molecule has 136 valence electrons. The van der Waals surface area contributed by atoms with E-state index >= 15 is 0 Å². The molecule has 1 heterocycles. The largest absolute Gasteiger partial charge is 0.493 e. The fraction of sp³-hybridized carbons (Fsp3) is 0.190. The van der Waals surface area contributed by atoms with Crippen LogP contribution in [0.4, 0.5) is 0 Å². The fourth-order valence-electron chi connectivity index (χ4n) is 3.88. The van der Waals surface area contributed by atoms with Crippen LogP contribution in [0.15, 0.2) is 48.6 Å². The Labute approximate surface area is 156 Å². The number of rotatable bonds is 2. The lowest BCUT2D eigenvalue weighted by Gasteiger charge is -2.41. The highest BCUT2D eigenvalue weighted by molar-refractivity contribution is 6.19. The normalized spacial score (nSPS) is 20.6. The molecule has 0 saturated carbocycles. The maximum atomic E-state index is 13.4. The second-order valence-corrected chi connectivity index (χ2v) is 6.47. The van der Waals surface area contributed by atoms with Gasteiger partial charge in [-0.05, 0) is 35.4 Å². The molecule has 2 aliphatic rings. The van der Waals surface area contributed by atoms with E-state index in [1.807, 2.05) is 0 Å². The van der Waals surface area contributed by atoms with Gasteiger partial charge in [0.25, 0.3) is 5.91 Å². The molecule has 1 aliphatic heterocycles. The molecule has 0 saturated heterocycles. The summed E-state index contributed by atoms with van der Waals surface area (Å²) in [5.41, 5.74) is 0.530. The van der Waals surface area contributed by atoms with Crippen molar-refractivity contribution in [3.63, 3.8) is 0 Å². The molecule has 0 radical (unpaired) electrons. The van der Waals surface area contributed by atoms with Crippen molar-refractivity contribution < 1.29 is 23.9 Å². The molecular formula is C21H17NO5. The number of carbonyl (C=O) groups is 3. The van der Waals surface area contributed by atoms with Gasteiger partial charge in [0.1, 0.15) is 5.41 Å². The van der Waals surface area contributed by atoms with Crippen molar-refractivity contribution in [3.05, 3.63) is 70.8 Å². The molecule has 0 N–H and O–H groups in total. The van der Waals surface area contributed by atoms with Crippen LogP contribution in [0.2, 0.25) is 0 Å². The van der Waals surface area contributed by atoms with Crippen molar-refractivity contribution in [2.75, 3.05) is 21.3 Å². The Morgan fingerprint density at radius 3 is 2.26 bits per heavy atom. The average molecular weight is 363 g/mol. The van der Waals surface area contributed by atoms with Gasteiger partial charge in [0, 0.05) is 18.2 Å². The van der Waals surface area contributed by atoms with Gasteiger partial charge < -0.3 is 9.47 Å². The number of benzene rings is 2. The number of fused-ring (bicyclic) bond motifs is 4. The molecule has 0 aromatic heterocycles. The third-order valence-electron chi connectivity index (χ3n) is 5.23. The third-order valence-corrected chi connectivity index (χ3v) is 5.23. The van der Waals surface area contributed by atoms with Crippen LogP contribution in [0.25, 0.3) is 0 Å². The van der Waals surface area contributed by atoms with Crippen molar-refractivity contribution in [2.45, 2.75) is 5.41 Å². The number of ketones is 1. The predicted octanol–water partition coefficient (Wildman–Crippen LogP) is 2.35. The summed E-state index contributed by atoms with van der Waals surface area (Å²) < 4.78 is 10.7. The van der Waals surface area contributed by atoms with Crippen molar-refractivity contribution in [1.29, 1.82) is 0 Å². The highest BCUT2D eigenvalue weighted by atomic mass is 16.5. The van der Waals surface area contributed by atoms with E-state index in [0.29, 0.717) is 33.8 Å². The number of methoxy groups -OCH3 is 2. The molecule has 0 bridgehead atoms. The monoisotopic (exact) mass is 363 g/mol. The van der Waals surface area contributed by atoms with Crippen LogP contribution in [0, 0.1) is 0 Å². The van der Waals surface area contributed by atoms with Crippen LogP contribution >= 0.6 is 0 Å². The van der Waals surface area contributed by atoms with Crippen molar-refractivity contribution in [3.8, 4) is 11.5 Å². The zero-order chi connectivity index (χ0) is 19.3. The minimum Gasteiger partial charge on any atom is -0.493 e. The first-order chi connectivity index (χ1) is 13.0. The SMILES string of the molecule is COc1cc2c(cc1OC)C1(C=CC2=O)C(=O)N(C)C(=O)c2ccccc21. The fourth-order valence-corrected chi connectivity index (χ4v) is 3.88. The molecule has 6 nitrogen and oxygen atoms in total. The van der Waals surface area contributed by atoms with E-state index in [9.17, 15) is 14.4 Å². The van der Waals surface area contributed by atoms with E-state index in [2.05, 4.69) is 0 Å². The van der Waals surface area contributed by atoms with Gasteiger partial charge >= 0.3 is 0 Å². The molecular weight excluding hydrogens is 346 g/mol. The van der Waals surface area contributed by atoms with Crippen LogP contribution < -0.4 is 9.47 Å². The lowest BCUT2D eigenvalue weighted by atomic mass is 9.65. The van der Waals surface area contributed by atoms with Crippen LogP contribution in [-0.4, -0.2) is 43.8 Å². The first-order valence-corrected chi connectivity index (χ1v) is 8.37. The average Bonchev–Trinajstić information content (AvgIpc) is 2.71. The second kappa shape index (κ2) is 5.81. The lowest BCUT2D eigenvalue weighted by molar-refractivity contribution is -0.131. The van der Waals surface area contributed by atoms with E-state index < -0.39 is 11.3 Å². The van der Waals surface area contributed by atoms with Crippen molar-refractivity contribution in [1.82, 2.24) is 4.90 Å². The standard InChI is InChI=1S/C21H17NO5/c1-22-19(24)12-6-4-5-7-14(12)21(20(22)25)9-8-16(23)13-10-17(26-2)18(27-3)11-15(13)21/h4-11H,1-3H3. The van der Waals surface area contributed by atoms with Gasteiger partial charge in [-0.3, -0.25) is 19.3 Å². The molecule has 4 rings (SSSR count). The smallest absolute Gasteiger partial charge is 0.260 e. The van der Waals surface area contributed by atoms with Gasteiger partial charge in [-0.2, -0.15) is 0 Å². The first kappa shape index (κ1) is 17.0. The maximum absolute atomic E-state index is 13.4. The number of carbonyl (C=O) groups excluding carboxylic acids is 3. The third kappa shape index (κ3) is 2.10. The van der Waals surface area contributed by atoms with Crippen LogP contribution in [0.1, 0.15) is 31.8 Å². The van der Waals surface area contributed by atoms with E-state index in [-0.39, 0.29) is 11.7 Å². The molecule has 6 heteroatoms. The van der Waals surface area contributed by atoms with E-state index in [1.165, 1.54) is 27.3 Å². The van der Waals surface area contributed by atoms with Gasteiger partial charge in [0.2, 0.25) is 5.91 Å². The van der Waals surface area contributed by atoms with Crippen LogP contribution in [0.3, 0.4) is 0 Å². The van der Waals surface area contributed by atoms with Crippen LogP contribution in [0.5, 0.6) is 11.5 Å². The number of allylic oxidation sites excluding steroid dienone is 1. The number of hydrogen-bond donors (Lipinski definition) is 0. The van der Waals surface area contributed by atoms with E-state index in [4.69, 9.17) is 9.47 Å². The summed E-state index contributed by atoms with van der Waals surface area (Å²) in [5, 5.41) is 0. The number of ether oxygens (including phenoxy) is 2. The van der Waals surface area contributed by atoms with Gasteiger partial charge in [0.15, 0.2) is 17.3 Å². The van der Waals surface area contributed by atoms with Gasteiger partial charge in [0.05, 0.1) is 14.2 Å². The summed E-state index contributed by atoms with van der Waals surface area (Å²) in [4.78, 5) is 39.7. The Balaban J connectivity index is 2.12. The predicted molar refractivity (Wildman–Crippen MR) is 97.3 cm³/mol. The Hall–Kier alpha value is -3.41. The summed E-state index contributed by atoms with van der Waals surface area (Å²) in [6.45, 7) is 0. The number of likely N-dealkylation sites (N-methyl/N-ethyl adjacent to an activating group) is 1. The maximum Gasteiger partial charge on any atom is 0.260 e. The molecule has 1 unspecified atom stereocenters. The zero-order valence-corrected chi connectivity index (χ0v) is 15.1. The number of amides is 2. The molecule has 27 heavy (non-hydrogen) atoms. The molecule has 1 spiro atoms. The number of imide groups is 1. The van der Waals surface area contributed by atoms with Crippen LogP contribution in [-0.2, 0) is 10.2 Å². The summed E-state index contributed by atoms with van der Waals surface area (Å²) in [6.07, 6.45) is 2.96. The van der Waals surface area contributed by atoms with E-state index in [1.54, 1.807) is 42.5 Å². The summed E-state index contributed by atoms with van der Waals surface area (Å²) in [5.74, 6) is -0.210. The van der Waals surface area contributed by atoms with Gasteiger partial charge in [-0.15, -0.1) is 0 Å². The quantitative estimate of drug-likeness (QED) is 0.766. The Kier molecular flexibility index (Phi) is 3.66. The van der Waals surface area contributed by atoms with Gasteiger partial charge in [-0.25, -0.2) is 0 Å². The van der Waals surface area contributed by atoms with Crippen molar-refractivity contribution >= 4 is 17.6 Å². The Morgan fingerprint density at radius 2 is 1.56 bits per heavy atom. The van der Waals surface area contributed by atoms with Crippen molar-refractivity contribution in [2.24, 2.45) is 0 Å². The summed E-state index contributed by atoms with van der Waals surface area (Å²) in [7, 11) is 4.42. The molecule has 0 fully saturated rings. The topological polar surface area (TPSA) is 72.9 Å². The molecule has 1 aliphatic carbocycles. The zero-order valence-electron chi connectivity index (χ0n) is 15.1.